The Labute approximate surface area is 209 Å². The summed E-state index contributed by atoms with van der Waals surface area (Å²) in [5.74, 6) is 0.292. The van der Waals surface area contributed by atoms with E-state index in [4.69, 9.17) is 4.74 Å². The van der Waals surface area contributed by atoms with Crippen LogP contribution in [0.4, 0.5) is 5.69 Å². The minimum atomic E-state index is -0.543. The normalized spacial score (nSPS) is 13.6. The monoisotopic (exact) mass is 492 g/mol. The standard InChI is InChI=1S/C27H32N4O5/c1-36-21-15-13-20(14-16-21)29-25(33)18-31-23-11-5-4-10-22(23)26(34)30(27(31)35)17-7-6-12-24(32)28-19-8-2-3-9-19/h4-5,10-11,13-16,19H,2-3,6-9,12,17-18H2,1H3,(H,28,32)(H,29,33). The summed E-state index contributed by atoms with van der Waals surface area (Å²) in [7, 11) is 1.56. The van der Waals surface area contributed by atoms with Crippen LogP contribution in [0.25, 0.3) is 10.9 Å². The smallest absolute Gasteiger partial charge is 0.331 e. The van der Waals surface area contributed by atoms with Crippen molar-refractivity contribution in [2.75, 3.05) is 12.4 Å². The molecule has 1 aromatic heterocycles. The van der Waals surface area contributed by atoms with E-state index in [1.54, 1.807) is 55.6 Å². The van der Waals surface area contributed by atoms with Crippen LogP contribution >= 0.6 is 0 Å². The molecular weight excluding hydrogens is 460 g/mol. The van der Waals surface area contributed by atoms with Gasteiger partial charge in [0.05, 0.1) is 18.0 Å². The molecule has 0 atom stereocenters. The van der Waals surface area contributed by atoms with E-state index in [1.165, 1.54) is 4.57 Å². The van der Waals surface area contributed by atoms with Crippen LogP contribution in [0.15, 0.2) is 58.1 Å². The maximum Gasteiger partial charge on any atom is 0.331 e. The first kappa shape index (κ1) is 25.2. The molecule has 0 saturated heterocycles. The van der Waals surface area contributed by atoms with E-state index < -0.39 is 11.2 Å². The van der Waals surface area contributed by atoms with Crippen LogP contribution in [0.2, 0.25) is 0 Å². The van der Waals surface area contributed by atoms with Crippen molar-refractivity contribution in [3.63, 3.8) is 0 Å². The molecule has 0 radical (unpaired) electrons. The summed E-state index contributed by atoms with van der Waals surface area (Å²) in [6, 6.07) is 13.9. The van der Waals surface area contributed by atoms with Crippen molar-refractivity contribution in [1.29, 1.82) is 0 Å². The fourth-order valence-corrected chi connectivity index (χ4v) is 4.66. The highest BCUT2D eigenvalue weighted by atomic mass is 16.5. The number of hydrogen-bond donors (Lipinski definition) is 2. The van der Waals surface area contributed by atoms with Gasteiger partial charge in [-0.1, -0.05) is 25.0 Å². The van der Waals surface area contributed by atoms with Gasteiger partial charge < -0.3 is 15.4 Å². The molecule has 2 amide bonds. The Morgan fingerprint density at radius 3 is 2.39 bits per heavy atom. The van der Waals surface area contributed by atoms with Crippen molar-refractivity contribution in [3.8, 4) is 5.75 Å². The molecule has 9 nitrogen and oxygen atoms in total. The number of nitrogens with zero attached hydrogens (tertiary/aromatic N) is 2. The molecule has 1 aliphatic rings. The van der Waals surface area contributed by atoms with Gasteiger partial charge >= 0.3 is 5.69 Å². The molecule has 0 aliphatic heterocycles. The summed E-state index contributed by atoms with van der Waals surface area (Å²) in [6.45, 7) is -0.0608. The number of para-hydroxylation sites is 1. The van der Waals surface area contributed by atoms with Gasteiger partial charge in [0, 0.05) is 24.7 Å². The average Bonchev–Trinajstić information content (AvgIpc) is 3.39. The van der Waals surface area contributed by atoms with Gasteiger partial charge in [0.25, 0.3) is 5.56 Å². The van der Waals surface area contributed by atoms with Crippen LogP contribution in [-0.2, 0) is 22.7 Å². The second kappa shape index (κ2) is 11.7. The van der Waals surface area contributed by atoms with E-state index >= 15 is 0 Å². The molecule has 0 spiro atoms. The number of unbranched alkanes of at least 4 members (excludes halogenated alkanes) is 1. The van der Waals surface area contributed by atoms with Crippen LogP contribution in [0.1, 0.15) is 44.9 Å². The Morgan fingerprint density at radius 2 is 1.67 bits per heavy atom. The maximum absolute atomic E-state index is 13.3. The molecule has 2 N–H and O–H groups in total. The third-order valence-corrected chi connectivity index (χ3v) is 6.56. The van der Waals surface area contributed by atoms with Gasteiger partial charge in [-0.2, -0.15) is 0 Å². The molecule has 0 bridgehead atoms. The zero-order valence-corrected chi connectivity index (χ0v) is 20.5. The highest BCUT2D eigenvalue weighted by Crippen LogP contribution is 2.18. The number of rotatable bonds is 10. The molecule has 0 unspecified atom stereocenters. The number of fused-ring (bicyclic) bond motifs is 1. The van der Waals surface area contributed by atoms with Gasteiger partial charge in [0.2, 0.25) is 11.8 Å². The highest BCUT2D eigenvalue weighted by molar-refractivity contribution is 5.91. The number of carbonyl (C=O) groups excluding carboxylic acids is 2. The predicted molar refractivity (Wildman–Crippen MR) is 138 cm³/mol. The number of ether oxygens (including phenoxy) is 1. The van der Waals surface area contributed by atoms with Crippen LogP contribution in [0.5, 0.6) is 5.75 Å². The van der Waals surface area contributed by atoms with Gasteiger partial charge in [0.1, 0.15) is 12.3 Å². The van der Waals surface area contributed by atoms with Crippen LogP contribution in [-0.4, -0.2) is 34.1 Å². The Morgan fingerprint density at radius 1 is 0.944 bits per heavy atom. The van der Waals surface area contributed by atoms with E-state index in [2.05, 4.69) is 10.6 Å². The lowest BCUT2D eigenvalue weighted by Crippen LogP contribution is -2.41. The molecule has 2 aromatic carbocycles. The molecule has 9 heteroatoms. The van der Waals surface area contributed by atoms with Crippen molar-refractivity contribution in [1.82, 2.24) is 14.5 Å². The molecule has 1 aliphatic carbocycles. The first-order valence-corrected chi connectivity index (χ1v) is 12.4. The third kappa shape index (κ3) is 6.02. The lowest BCUT2D eigenvalue weighted by Gasteiger charge is -2.15. The first-order valence-electron chi connectivity index (χ1n) is 12.4. The van der Waals surface area contributed by atoms with E-state index in [0.717, 1.165) is 30.3 Å². The van der Waals surface area contributed by atoms with E-state index in [9.17, 15) is 19.2 Å². The van der Waals surface area contributed by atoms with Crippen molar-refractivity contribution in [3.05, 3.63) is 69.4 Å². The average molecular weight is 493 g/mol. The Balaban J connectivity index is 1.46. The predicted octanol–water partition coefficient (Wildman–Crippen LogP) is 3.04. The summed E-state index contributed by atoms with van der Waals surface area (Å²) in [5, 5.41) is 6.20. The van der Waals surface area contributed by atoms with Crippen LogP contribution < -0.4 is 26.6 Å². The van der Waals surface area contributed by atoms with Gasteiger partial charge in [-0.3, -0.25) is 23.5 Å². The summed E-state index contributed by atoms with van der Waals surface area (Å²) in [5.41, 5.74) is 0.0451. The number of hydrogen-bond acceptors (Lipinski definition) is 5. The number of nitrogens with one attached hydrogen (secondary N) is 2. The summed E-state index contributed by atoms with van der Waals surface area (Å²) < 4.78 is 7.61. The SMILES string of the molecule is COc1ccc(NC(=O)Cn2c(=O)n(CCCCC(=O)NC3CCCC3)c(=O)c3ccccc32)cc1. The van der Waals surface area contributed by atoms with Crippen LogP contribution in [0.3, 0.4) is 0 Å². The maximum atomic E-state index is 13.3. The molecule has 4 rings (SSSR count). The largest absolute Gasteiger partial charge is 0.497 e. The fourth-order valence-electron chi connectivity index (χ4n) is 4.66. The minimum Gasteiger partial charge on any atom is -0.497 e. The van der Waals surface area contributed by atoms with Crippen molar-refractivity contribution < 1.29 is 14.3 Å². The second-order valence-corrected chi connectivity index (χ2v) is 9.13. The van der Waals surface area contributed by atoms with Gasteiger partial charge in [-0.05, 0) is 62.1 Å². The lowest BCUT2D eigenvalue weighted by molar-refractivity contribution is -0.122. The second-order valence-electron chi connectivity index (χ2n) is 9.13. The summed E-state index contributed by atoms with van der Waals surface area (Å²) in [4.78, 5) is 51.3. The minimum absolute atomic E-state index is 0.0142. The number of methoxy groups -OCH3 is 1. The highest BCUT2D eigenvalue weighted by Gasteiger charge is 2.18. The zero-order chi connectivity index (χ0) is 25.5. The summed E-state index contributed by atoms with van der Waals surface area (Å²) >= 11 is 0. The Bertz CT molecular complexity index is 1340. The van der Waals surface area contributed by atoms with Crippen molar-refractivity contribution in [2.24, 2.45) is 0 Å². The fraction of sp³-hybridized carbons (Fsp3) is 0.407. The van der Waals surface area contributed by atoms with Gasteiger partial charge in [-0.25, -0.2) is 4.79 Å². The lowest BCUT2D eigenvalue weighted by atomic mass is 10.2. The molecule has 1 fully saturated rings. The van der Waals surface area contributed by atoms with E-state index in [0.29, 0.717) is 41.6 Å². The quantitative estimate of drug-likeness (QED) is 0.423. The first-order chi connectivity index (χ1) is 17.5. The molecular formula is C27H32N4O5. The molecule has 1 saturated carbocycles. The van der Waals surface area contributed by atoms with Crippen molar-refractivity contribution >= 4 is 28.4 Å². The topological polar surface area (TPSA) is 111 Å². The molecule has 36 heavy (non-hydrogen) atoms. The molecule has 1 heterocycles. The third-order valence-electron chi connectivity index (χ3n) is 6.56. The van der Waals surface area contributed by atoms with E-state index in [1.807, 2.05) is 0 Å². The Hall–Kier alpha value is -3.88. The van der Waals surface area contributed by atoms with Gasteiger partial charge in [0.15, 0.2) is 0 Å². The number of carbonyl (C=O) groups is 2. The number of aromatic nitrogens is 2. The zero-order valence-electron chi connectivity index (χ0n) is 20.5. The summed E-state index contributed by atoms with van der Waals surface area (Å²) in [6.07, 6.45) is 5.80. The van der Waals surface area contributed by atoms with E-state index in [-0.39, 0.29) is 30.9 Å². The number of benzene rings is 2. The molecule has 3 aromatic rings. The Kier molecular flexibility index (Phi) is 8.20. The van der Waals surface area contributed by atoms with Crippen LogP contribution in [0, 0.1) is 0 Å². The number of amides is 2. The molecule has 190 valence electrons. The van der Waals surface area contributed by atoms with Crippen molar-refractivity contribution in [2.45, 2.75) is 64.1 Å². The number of anilines is 1. The van der Waals surface area contributed by atoms with Gasteiger partial charge in [-0.15, -0.1) is 0 Å².